The van der Waals surface area contributed by atoms with Crippen molar-refractivity contribution < 1.29 is 45.5 Å². The molecule has 1 N–H and O–H groups in total. The maximum absolute atomic E-state index is 11.9. The van der Waals surface area contributed by atoms with Crippen LogP contribution in [0, 0.1) is 26.7 Å². The van der Waals surface area contributed by atoms with Gasteiger partial charge in [-0.05, 0) is 95.3 Å². The minimum Gasteiger partial charge on any atom is -0.461 e. The molecule has 0 radical (unpaired) electrons. The summed E-state index contributed by atoms with van der Waals surface area (Å²) in [7, 11) is -0.357. The molecule has 1 heterocycles. The fraction of sp³-hybridized carbons (Fsp3) is 0.744. The van der Waals surface area contributed by atoms with Gasteiger partial charge in [-0.3, -0.25) is 14.4 Å². The van der Waals surface area contributed by atoms with Crippen LogP contribution in [-0.4, -0.2) is 48.3 Å². The molecule has 1 saturated heterocycles. The maximum Gasteiger partial charge on any atom is 2.00 e. The Morgan fingerprint density at radius 3 is 1.83 bits per heavy atom. The monoisotopic (exact) mass is 801 g/mol. The number of carbonyl (C=O) groups excluding carboxylic acids is 3. The molecule has 0 bridgehead atoms. The van der Waals surface area contributed by atoms with E-state index in [1.165, 1.54) is 64.2 Å². The van der Waals surface area contributed by atoms with E-state index in [9.17, 15) is 14.4 Å². The molecule has 1 amide bonds. The Labute approximate surface area is 342 Å². The van der Waals surface area contributed by atoms with Gasteiger partial charge in [0, 0.05) is 31.7 Å². The molecule has 0 atom stereocenters. The Hall–Kier alpha value is -1.32. The van der Waals surface area contributed by atoms with Crippen LogP contribution in [-0.2, 0) is 52.1 Å². The zero-order valence-electron chi connectivity index (χ0n) is 33.6. The molecule has 53 heavy (non-hydrogen) atoms. The van der Waals surface area contributed by atoms with Crippen LogP contribution in [0.5, 0.6) is 0 Å². The van der Waals surface area contributed by atoms with Crippen molar-refractivity contribution in [1.82, 2.24) is 5.32 Å². The zero-order valence-corrected chi connectivity index (χ0v) is 35.6. The van der Waals surface area contributed by atoms with Crippen molar-refractivity contribution in [2.75, 3.05) is 12.3 Å². The first-order valence-corrected chi connectivity index (χ1v) is 20.1. The summed E-state index contributed by atoms with van der Waals surface area (Å²) in [5, 5.41) is 2.96. The number of ether oxygens (including phenoxy) is 1. The Morgan fingerprint density at radius 1 is 0.774 bits per heavy atom. The first kappa shape index (κ1) is 53.8. The Kier molecular flexibility index (Phi) is 29.4. The molecule has 10 heteroatoms. The van der Waals surface area contributed by atoms with Gasteiger partial charge < -0.3 is 34.2 Å². The maximum atomic E-state index is 11.9. The van der Waals surface area contributed by atoms with Gasteiger partial charge in [-0.1, -0.05) is 95.9 Å². The predicted octanol–water partition coefficient (Wildman–Crippen LogP) is 10.2. The van der Waals surface area contributed by atoms with Crippen molar-refractivity contribution in [2.24, 2.45) is 11.8 Å². The van der Waals surface area contributed by atoms with Crippen molar-refractivity contribution >= 4 is 42.9 Å². The third-order valence-corrected chi connectivity index (χ3v) is 11.2. The quantitative estimate of drug-likeness (QED) is 0.0449. The minimum absolute atomic E-state index is 0. The van der Waals surface area contributed by atoms with Crippen molar-refractivity contribution in [1.29, 1.82) is 0 Å². The summed E-state index contributed by atoms with van der Waals surface area (Å²) in [4.78, 5) is 35.6. The molecule has 0 unspecified atom stereocenters. The second-order valence-electron chi connectivity index (χ2n) is 15.5. The van der Waals surface area contributed by atoms with E-state index in [1.54, 1.807) is 0 Å². The van der Waals surface area contributed by atoms with Crippen LogP contribution in [0.15, 0.2) is 24.3 Å². The molecule has 0 spiro atoms. The predicted molar refractivity (Wildman–Crippen MR) is 223 cm³/mol. The molecule has 306 valence electrons. The molecule has 0 aromatic heterocycles. The zero-order chi connectivity index (χ0) is 35.5. The van der Waals surface area contributed by atoms with Gasteiger partial charge >= 0.3 is 30.2 Å². The van der Waals surface area contributed by atoms with E-state index in [-0.39, 0.29) is 69.5 Å². The van der Waals surface area contributed by atoms with Crippen LogP contribution < -0.4 is 10.8 Å². The van der Waals surface area contributed by atoms with E-state index in [2.05, 4.69) is 17.9 Å². The molecule has 2 saturated carbocycles. The van der Waals surface area contributed by atoms with Gasteiger partial charge in [0.2, 0.25) is 5.91 Å². The number of amides is 1. The number of ketones is 1. The van der Waals surface area contributed by atoms with E-state index in [4.69, 9.17) is 14.0 Å². The number of thiol groups is 1. The van der Waals surface area contributed by atoms with Gasteiger partial charge in [-0.2, -0.15) is 12.6 Å². The molecule has 4 rings (SSSR count). The first-order valence-electron chi connectivity index (χ1n) is 19.5. The Bertz CT molecular complexity index is 1110. The third-order valence-electron chi connectivity index (χ3n) is 10.9. The van der Waals surface area contributed by atoms with E-state index in [1.807, 2.05) is 52.0 Å². The fourth-order valence-electron chi connectivity index (χ4n) is 6.91. The van der Waals surface area contributed by atoms with Crippen molar-refractivity contribution in [3.05, 3.63) is 44.7 Å². The van der Waals surface area contributed by atoms with Crippen LogP contribution in [0.1, 0.15) is 169 Å². The molecular formula is C43H76BFeNO6S. The normalized spacial score (nSPS) is 17.3. The molecule has 2 aliphatic carbocycles. The van der Waals surface area contributed by atoms with Gasteiger partial charge in [0.25, 0.3) is 0 Å². The van der Waals surface area contributed by atoms with Crippen LogP contribution in [0.2, 0.25) is 0 Å². The number of Topliss-reactive ketones (excluding diaryl/α,β-unsaturated/α-hetero) is 1. The minimum atomic E-state index is -0.357. The van der Waals surface area contributed by atoms with Gasteiger partial charge in [-0.15, -0.1) is 0 Å². The number of nitrogens with one attached hydrogen (secondary N) is 1. The number of rotatable bonds is 20. The van der Waals surface area contributed by atoms with Crippen LogP contribution in [0.25, 0.3) is 0 Å². The number of hydrogen-bond acceptors (Lipinski definition) is 7. The van der Waals surface area contributed by atoms with E-state index in [0.717, 1.165) is 61.7 Å². The van der Waals surface area contributed by atoms with Crippen LogP contribution in [0.4, 0.5) is 0 Å². The largest absolute Gasteiger partial charge is 2.00 e. The average Bonchev–Trinajstić information content (AvgIpc) is 3.84. The number of hydrogen-bond donors (Lipinski definition) is 2. The number of esters is 1. The first-order chi connectivity index (χ1) is 23.5. The van der Waals surface area contributed by atoms with Crippen molar-refractivity contribution in [3.63, 3.8) is 0 Å². The van der Waals surface area contributed by atoms with Crippen molar-refractivity contribution in [3.8, 4) is 0 Å². The van der Waals surface area contributed by atoms with Gasteiger partial charge in [-0.25, -0.2) is 0 Å². The molecular weight excluding hydrogens is 725 g/mol. The van der Waals surface area contributed by atoms with Crippen molar-refractivity contribution in [2.45, 2.75) is 181 Å². The van der Waals surface area contributed by atoms with E-state index >= 15 is 0 Å². The summed E-state index contributed by atoms with van der Waals surface area (Å²) in [6.07, 6.45) is 21.9. The Balaban J connectivity index is 0. The second-order valence-corrected chi connectivity index (χ2v) is 16.0. The molecule has 3 fully saturated rings. The summed E-state index contributed by atoms with van der Waals surface area (Å²) < 4.78 is 17.5. The molecule has 3 aliphatic rings. The number of unbranched alkanes of at least 4 members (excludes halogenated alkanes) is 7. The van der Waals surface area contributed by atoms with E-state index < -0.39 is 0 Å². The molecule has 1 aromatic rings. The standard InChI is InChI=1S/C20H29BO4.C20H37NO2S.CH4.2CH3.Fe/c1-19(2)20(3,4)25-21(24-19)17-11-9-16(10-12-17)14-23-18(22)13-15-7-5-6-8-15;22-19(18-12-8-9-13-18)14-11-16-21-20(23)15-7-5-3-1-2-4-6-10-17-24;;;;/h9-12,15H,5-8,13-14H2,1-4H3;18,24H,1-17H2,(H,21,23);1H4;2*1H3;/q;;;2*-1;+2. The third kappa shape index (κ3) is 20.4. The SMILES string of the molecule is C.CC1(C)OB(c2ccc(COC(=O)CC3CCCC3)cc2)OC1(C)C.O=C(CCCCCCCCCCS)NCCCC(=O)C1CCCC1.[CH3-].[CH3-].[Fe+2]. The van der Waals surface area contributed by atoms with E-state index in [0.29, 0.717) is 50.0 Å². The molecule has 1 aromatic carbocycles. The number of carbonyl (C=O) groups is 3. The fourth-order valence-corrected chi connectivity index (χ4v) is 7.14. The summed E-state index contributed by atoms with van der Waals surface area (Å²) in [6, 6.07) is 7.93. The van der Waals surface area contributed by atoms with Crippen LogP contribution >= 0.6 is 12.6 Å². The van der Waals surface area contributed by atoms with Gasteiger partial charge in [0.15, 0.2) is 0 Å². The Morgan fingerprint density at radius 2 is 1.28 bits per heavy atom. The van der Waals surface area contributed by atoms with Crippen LogP contribution in [0.3, 0.4) is 0 Å². The summed E-state index contributed by atoms with van der Waals surface area (Å²) >= 11 is 4.22. The summed E-state index contributed by atoms with van der Waals surface area (Å²) in [5.74, 6) is 2.33. The summed E-state index contributed by atoms with van der Waals surface area (Å²) in [5.41, 5.74) is 1.29. The van der Waals surface area contributed by atoms with Gasteiger partial charge in [0.05, 0.1) is 11.2 Å². The topological polar surface area (TPSA) is 90.9 Å². The molecule has 7 nitrogen and oxygen atoms in total. The average molecular weight is 802 g/mol. The summed E-state index contributed by atoms with van der Waals surface area (Å²) in [6.45, 7) is 9.17. The second kappa shape index (κ2) is 29.0. The molecule has 1 aliphatic heterocycles. The van der Waals surface area contributed by atoms with Gasteiger partial charge in [0.1, 0.15) is 12.4 Å². The smallest absolute Gasteiger partial charge is 0.461 e. The number of benzene rings is 1.